The molecular weight excluding hydrogens is 654 g/mol. The van der Waals surface area contributed by atoms with E-state index in [-0.39, 0.29) is 76.4 Å². The van der Waals surface area contributed by atoms with Gasteiger partial charge in [0, 0.05) is 36.8 Å². The number of aliphatic carboxylic acids is 1. The molecule has 2 heterocycles. The topological polar surface area (TPSA) is 124 Å². The zero-order valence-corrected chi connectivity index (χ0v) is 33.2. The van der Waals surface area contributed by atoms with Gasteiger partial charge in [-0.3, -0.25) is 28.9 Å². The molecule has 0 unspecified atom stereocenters. The standard InChI is InChI=1S/C43H67N3O6/c1-9-29-23-41(29,38(51)52)25-34(48)32-24-43(40(7,8)42(43)19-15-20-42)26-46(32)37(50)30(39(4,5)6)22-33(47)35(28-16-11-10-12-17-28)44-36(49)31-18-13-14-21-45(31)27(2)3/h9,27-32,35H,1,10-26H2,2-8H3,(H,44,49)(H,51,52)/t29-,30-,31+,32+,35+,41-,43-/m1/s1. The van der Waals surface area contributed by atoms with Gasteiger partial charge in [0.2, 0.25) is 11.8 Å². The number of carbonyl (C=O) groups excluding carboxylic acids is 4. The number of nitrogens with zero attached hydrogens (tertiary/aromatic N) is 2. The average Bonchev–Trinajstić information content (AvgIpc) is 3.80. The van der Waals surface area contributed by atoms with Crippen LogP contribution in [0.5, 0.6) is 0 Å². The molecule has 6 fully saturated rings. The highest BCUT2D eigenvalue weighted by Crippen LogP contribution is 2.88. The van der Waals surface area contributed by atoms with Crippen molar-refractivity contribution in [3.63, 3.8) is 0 Å². The Morgan fingerprint density at radius 3 is 2.08 bits per heavy atom. The van der Waals surface area contributed by atoms with Gasteiger partial charge < -0.3 is 15.3 Å². The van der Waals surface area contributed by atoms with Gasteiger partial charge in [-0.25, -0.2) is 0 Å². The fourth-order valence-electron chi connectivity index (χ4n) is 12.0. The third-order valence-corrected chi connectivity index (χ3v) is 15.8. The molecule has 6 aliphatic rings. The largest absolute Gasteiger partial charge is 0.481 e. The van der Waals surface area contributed by atoms with E-state index >= 15 is 4.79 Å². The molecule has 2 amide bonds. The molecule has 4 aliphatic carbocycles. The third-order valence-electron chi connectivity index (χ3n) is 15.8. The normalized spacial score (nSPS) is 33.7. The minimum Gasteiger partial charge on any atom is -0.481 e. The van der Waals surface area contributed by atoms with Gasteiger partial charge in [0.05, 0.1) is 23.5 Å². The van der Waals surface area contributed by atoms with Crippen LogP contribution in [0, 0.1) is 44.8 Å². The van der Waals surface area contributed by atoms with Gasteiger partial charge in [0.25, 0.3) is 0 Å². The van der Waals surface area contributed by atoms with Crippen molar-refractivity contribution < 1.29 is 29.1 Å². The molecule has 9 nitrogen and oxygen atoms in total. The maximum absolute atomic E-state index is 15.1. The number of carboxylic acids is 1. The van der Waals surface area contributed by atoms with Crippen molar-refractivity contribution in [1.82, 2.24) is 15.1 Å². The fraction of sp³-hybridized carbons (Fsp3) is 0.837. The third kappa shape index (κ3) is 6.30. The van der Waals surface area contributed by atoms with Gasteiger partial charge >= 0.3 is 5.97 Å². The number of ketones is 2. The highest BCUT2D eigenvalue weighted by Gasteiger charge is 2.85. The Kier molecular flexibility index (Phi) is 10.5. The Morgan fingerprint density at radius 2 is 1.56 bits per heavy atom. The smallest absolute Gasteiger partial charge is 0.310 e. The molecule has 0 radical (unpaired) electrons. The second kappa shape index (κ2) is 13.9. The molecule has 0 aromatic rings. The summed E-state index contributed by atoms with van der Waals surface area (Å²) in [6.45, 7) is 19.9. The minimum absolute atomic E-state index is 0.00110. The summed E-state index contributed by atoms with van der Waals surface area (Å²) in [6, 6.07) is -1.39. The van der Waals surface area contributed by atoms with Crippen molar-refractivity contribution in [3.05, 3.63) is 12.7 Å². The number of likely N-dealkylation sites (tertiary alicyclic amines) is 2. The molecule has 7 atom stereocenters. The van der Waals surface area contributed by atoms with Crippen molar-refractivity contribution in [2.75, 3.05) is 13.1 Å². The molecule has 290 valence electrons. The molecule has 4 saturated carbocycles. The lowest BCUT2D eigenvalue weighted by Gasteiger charge is -2.40. The summed E-state index contributed by atoms with van der Waals surface area (Å²) in [5, 5.41) is 13.5. The van der Waals surface area contributed by atoms with Crippen LogP contribution in [0.25, 0.3) is 0 Å². The highest BCUT2D eigenvalue weighted by molar-refractivity contribution is 5.97. The molecule has 2 aliphatic heterocycles. The maximum Gasteiger partial charge on any atom is 0.310 e. The van der Waals surface area contributed by atoms with E-state index in [1.54, 1.807) is 11.0 Å². The van der Waals surface area contributed by atoms with Crippen molar-refractivity contribution >= 4 is 29.4 Å². The maximum atomic E-state index is 15.1. The SMILES string of the molecule is C=C[C@@H]1C[C@]1(CC(=O)[C@@H]1C[C@@]2(CN1C(=O)[C@@H](CC(=O)[C@@H](NC(=O)[C@@H]1CCCCN1C(C)C)C1CCCCC1)C(C)(C)C)C(C)(C)C21CCC1)C(=O)O. The summed E-state index contributed by atoms with van der Waals surface area (Å²) in [7, 11) is 0. The van der Waals surface area contributed by atoms with E-state index < -0.39 is 34.8 Å². The number of allylic oxidation sites excluding steroid dienone is 1. The van der Waals surface area contributed by atoms with Crippen LogP contribution in [-0.2, 0) is 24.0 Å². The van der Waals surface area contributed by atoms with Gasteiger partial charge in [-0.15, -0.1) is 6.58 Å². The monoisotopic (exact) mass is 722 g/mol. The Hall–Kier alpha value is -2.55. The molecular formula is C43H67N3O6. The molecule has 0 aromatic heterocycles. The summed E-state index contributed by atoms with van der Waals surface area (Å²) in [6.07, 6.45) is 13.5. The molecule has 9 heteroatoms. The summed E-state index contributed by atoms with van der Waals surface area (Å²) in [5.74, 6) is -2.40. The first-order valence-corrected chi connectivity index (χ1v) is 20.7. The molecule has 2 N–H and O–H groups in total. The zero-order valence-electron chi connectivity index (χ0n) is 33.2. The Morgan fingerprint density at radius 1 is 0.904 bits per heavy atom. The first-order valence-electron chi connectivity index (χ1n) is 20.7. The van der Waals surface area contributed by atoms with Gasteiger partial charge in [0.15, 0.2) is 11.6 Å². The fourth-order valence-corrected chi connectivity index (χ4v) is 12.0. The number of amides is 2. The van der Waals surface area contributed by atoms with E-state index in [1.165, 1.54) is 0 Å². The number of piperidine rings is 1. The Labute approximate surface area is 312 Å². The average molecular weight is 722 g/mol. The van der Waals surface area contributed by atoms with Crippen molar-refractivity contribution in [2.24, 2.45) is 44.8 Å². The first kappa shape index (κ1) is 39.2. The lowest BCUT2D eigenvalue weighted by molar-refractivity contribution is -0.149. The van der Waals surface area contributed by atoms with E-state index in [1.807, 2.05) is 20.8 Å². The van der Waals surface area contributed by atoms with E-state index in [4.69, 9.17) is 0 Å². The summed E-state index contributed by atoms with van der Waals surface area (Å²) in [5.41, 5.74) is -1.88. The highest BCUT2D eigenvalue weighted by atomic mass is 16.4. The summed E-state index contributed by atoms with van der Waals surface area (Å²) >= 11 is 0. The van der Waals surface area contributed by atoms with E-state index in [0.717, 1.165) is 77.2 Å². The molecule has 2 saturated heterocycles. The van der Waals surface area contributed by atoms with Gasteiger partial charge in [-0.05, 0) is 99.8 Å². The van der Waals surface area contributed by atoms with Crippen LogP contribution >= 0.6 is 0 Å². The lowest BCUT2D eigenvalue weighted by atomic mass is 9.73. The minimum atomic E-state index is -1.15. The zero-order chi connectivity index (χ0) is 38.0. The second-order valence-corrected chi connectivity index (χ2v) is 19.8. The summed E-state index contributed by atoms with van der Waals surface area (Å²) < 4.78 is 0. The van der Waals surface area contributed by atoms with Crippen molar-refractivity contribution in [3.8, 4) is 0 Å². The quantitative estimate of drug-likeness (QED) is 0.197. The summed E-state index contributed by atoms with van der Waals surface area (Å²) in [4.78, 5) is 74.6. The van der Waals surface area contributed by atoms with Crippen LogP contribution in [0.4, 0.5) is 0 Å². The molecule has 52 heavy (non-hydrogen) atoms. The van der Waals surface area contributed by atoms with Crippen LogP contribution in [0.15, 0.2) is 12.7 Å². The molecule has 0 aromatic carbocycles. The second-order valence-electron chi connectivity index (χ2n) is 19.8. The number of hydrogen-bond donors (Lipinski definition) is 2. The number of nitrogens with one attached hydrogen (secondary N) is 1. The van der Waals surface area contributed by atoms with Crippen LogP contribution in [-0.4, -0.2) is 81.5 Å². The van der Waals surface area contributed by atoms with Crippen molar-refractivity contribution in [1.29, 1.82) is 0 Å². The Bertz CT molecular complexity index is 1450. The predicted molar refractivity (Wildman–Crippen MR) is 201 cm³/mol. The predicted octanol–water partition coefficient (Wildman–Crippen LogP) is 6.97. The number of hydrogen-bond acceptors (Lipinski definition) is 6. The number of carboxylic acid groups (broad SMARTS) is 1. The molecule has 6 rings (SSSR count). The molecule has 0 bridgehead atoms. The van der Waals surface area contributed by atoms with Crippen LogP contribution in [0.3, 0.4) is 0 Å². The number of fused-ring (bicyclic) bond motifs is 1. The van der Waals surface area contributed by atoms with Gasteiger partial charge in [0.1, 0.15) is 0 Å². The van der Waals surface area contributed by atoms with Crippen LogP contribution in [0.2, 0.25) is 0 Å². The Balaban J connectivity index is 1.27. The van der Waals surface area contributed by atoms with Crippen LogP contribution < -0.4 is 5.32 Å². The molecule has 2 spiro atoms. The number of rotatable bonds is 13. The van der Waals surface area contributed by atoms with E-state index in [2.05, 4.69) is 44.5 Å². The van der Waals surface area contributed by atoms with Gasteiger partial charge in [-0.1, -0.05) is 72.8 Å². The van der Waals surface area contributed by atoms with E-state index in [0.29, 0.717) is 19.4 Å². The van der Waals surface area contributed by atoms with Crippen molar-refractivity contribution in [2.45, 2.75) is 169 Å². The van der Waals surface area contributed by atoms with E-state index in [9.17, 15) is 24.3 Å². The van der Waals surface area contributed by atoms with Crippen LogP contribution in [0.1, 0.15) is 145 Å². The number of Topliss-reactive ketones (excluding diaryl/α,β-unsaturated/α-hetero) is 2. The van der Waals surface area contributed by atoms with Gasteiger partial charge in [-0.2, -0.15) is 0 Å². The number of carbonyl (C=O) groups is 5. The lowest BCUT2D eigenvalue weighted by Crippen LogP contribution is -2.57. The first-order chi connectivity index (χ1) is 24.4.